The van der Waals surface area contributed by atoms with Crippen LogP contribution in [-0.2, 0) is 6.54 Å². The minimum Gasteiger partial charge on any atom is -0.493 e. The van der Waals surface area contributed by atoms with E-state index in [0.29, 0.717) is 41.3 Å². The first-order chi connectivity index (χ1) is 13.5. The van der Waals surface area contributed by atoms with Gasteiger partial charge in [0.15, 0.2) is 0 Å². The summed E-state index contributed by atoms with van der Waals surface area (Å²) in [5.74, 6) is 0.964. The van der Waals surface area contributed by atoms with Crippen LogP contribution in [0.15, 0.2) is 53.3 Å². The quantitative estimate of drug-likeness (QED) is 0.615. The number of nitrogens with one attached hydrogen (secondary N) is 2. The van der Waals surface area contributed by atoms with Crippen molar-refractivity contribution < 1.29 is 9.53 Å². The Morgan fingerprint density at radius 1 is 1.18 bits per heavy atom. The summed E-state index contributed by atoms with van der Waals surface area (Å²) in [7, 11) is 0. The molecule has 1 aromatic heterocycles. The molecule has 2 aromatic carbocycles. The molecule has 2 N–H and O–H groups in total. The van der Waals surface area contributed by atoms with E-state index in [2.05, 4.69) is 29.7 Å². The molecular weight excluding hydrogens is 356 g/mol. The molecule has 0 atom stereocenters. The van der Waals surface area contributed by atoms with Crippen LogP contribution >= 0.6 is 0 Å². The van der Waals surface area contributed by atoms with Crippen LogP contribution < -0.4 is 21.1 Å². The van der Waals surface area contributed by atoms with Gasteiger partial charge < -0.3 is 4.74 Å². The zero-order valence-electron chi connectivity index (χ0n) is 16.2. The van der Waals surface area contributed by atoms with Crippen LogP contribution in [0.2, 0.25) is 0 Å². The van der Waals surface area contributed by atoms with Crippen LogP contribution in [0.5, 0.6) is 5.75 Å². The minimum atomic E-state index is -0.347. The molecule has 0 spiro atoms. The molecule has 7 heteroatoms. The summed E-state index contributed by atoms with van der Waals surface area (Å²) in [6.45, 7) is 6.97. The second-order valence-electron chi connectivity index (χ2n) is 6.81. The van der Waals surface area contributed by atoms with E-state index in [1.54, 1.807) is 36.4 Å². The third kappa shape index (κ3) is 4.31. The van der Waals surface area contributed by atoms with Crippen LogP contribution in [0, 0.1) is 5.92 Å². The van der Waals surface area contributed by atoms with Crippen molar-refractivity contribution in [3.05, 3.63) is 64.4 Å². The van der Waals surface area contributed by atoms with Gasteiger partial charge in [0.25, 0.3) is 11.5 Å². The first-order valence-corrected chi connectivity index (χ1v) is 9.28. The number of anilines is 1. The van der Waals surface area contributed by atoms with Gasteiger partial charge in [-0.15, -0.1) is 0 Å². The summed E-state index contributed by atoms with van der Waals surface area (Å²) in [6, 6.07) is 14.1. The van der Waals surface area contributed by atoms with Crippen molar-refractivity contribution in [3.8, 4) is 5.75 Å². The van der Waals surface area contributed by atoms with Crippen LogP contribution in [0.4, 0.5) is 5.95 Å². The lowest BCUT2D eigenvalue weighted by molar-refractivity contribution is 0.0961. The van der Waals surface area contributed by atoms with E-state index in [-0.39, 0.29) is 17.4 Å². The molecular formula is C21H24N4O3. The molecule has 0 aliphatic heterocycles. The van der Waals surface area contributed by atoms with E-state index in [1.807, 2.05) is 19.1 Å². The maximum atomic E-state index is 12.6. The van der Waals surface area contributed by atoms with Crippen molar-refractivity contribution in [1.29, 1.82) is 0 Å². The lowest BCUT2D eigenvalue weighted by Gasteiger charge is -2.14. The number of carbonyl (C=O) groups is 1. The molecule has 0 radical (unpaired) electrons. The maximum Gasteiger partial charge on any atom is 0.269 e. The number of benzene rings is 2. The molecule has 0 fully saturated rings. The Kier molecular flexibility index (Phi) is 5.93. The Labute approximate surface area is 163 Å². The number of aromatic nitrogens is 2. The molecule has 3 rings (SSSR count). The second-order valence-corrected chi connectivity index (χ2v) is 6.81. The van der Waals surface area contributed by atoms with Gasteiger partial charge in [-0.25, -0.2) is 4.98 Å². The average molecular weight is 380 g/mol. The molecule has 146 valence electrons. The first-order valence-electron chi connectivity index (χ1n) is 9.28. The number of carbonyl (C=O) groups excluding carboxylic acids is 1. The molecule has 0 bridgehead atoms. The number of hydrogen-bond donors (Lipinski definition) is 2. The molecule has 1 amide bonds. The number of nitrogens with zero attached hydrogens (tertiary/aromatic N) is 2. The molecule has 0 aliphatic rings. The predicted molar refractivity (Wildman–Crippen MR) is 110 cm³/mol. The van der Waals surface area contributed by atoms with Gasteiger partial charge in [-0.2, -0.15) is 0 Å². The van der Waals surface area contributed by atoms with Gasteiger partial charge in [-0.05, 0) is 43.2 Å². The van der Waals surface area contributed by atoms with Crippen molar-refractivity contribution in [1.82, 2.24) is 15.0 Å². The van der Waals surface area contributed by atoms with Crippen molar-refractivity contribution >= 4 is 22.8 Å². The lowest BCUT2D eigenvalue weighted by atomic mass is 10.2. The highest BCUT2D eigenvalue weighted by Crippen LogP contribution is 2.15. The van der Waals surface area contributed by atoms with Crippen molar-refractivity contribution in [2.45, 2.75) is 27.3 Å². The summed E-state index contributed by atoms with van der Waals surface area (Å²) < 4.78 is 7.14. The van der Waals surface area contributed by atoms with Crippen LogP contribution in [0.1, 0.15) is 31.1 Å². The fraction of sp³-hybridized carbons (Fsp3) is 0.286. The standard InChI is InChI=1S/C21H24N4O3/c1-4-25-20(27)17-10-5-6-11-18(17)22-21(25)24-23-19(26)15-8-7-9-16(12-15)28-13-14(2)3/h5-12,14H,4,13H2,1-3H3,(H,22,24)(H,23,26). The first kappa shape index (κ1) is 19.4. The summed E-state index contributed by atoms with van der Waals surface area (Å²) in [5, 5.41) is 0.538. The van der Waals surface area contributed by atoms with E-state index < -0.39 is 0 Å². The average Bonchev–Trinajstić information content (AvgIpc) is 2.71. The van der Waals surface area contributed by atoms with Crippen molar-refractivity contribution in [3.63, 3.8) is 0 Å². The highest BCUT2D eigenvalue weighted by atomic mass is 16.5. The van der Waals surface area contributed by atoms with E-state index in [0.717, 1.165) is 0 Å². The Balaban J connectivity index is 1.78. The lowest BCUT2D eigenvalue weighted by Crippen LogP contribution is -2.34. The van der Waals surface area contributed by atoms with Crippen molar-refractivity contribution in [2.75, 3.05) is 12.0 Å². The summed E-state index contributed by atoms with van der Waals surface area (Å²) in [4.78, 5) is 29.6. The van der Waals surface area contributed by atoms with E-state index in [1.165, 1.54) is 4.57 Å². The number of ether oxygens (including phenoxy) is 1. The molecule has 0 saturated heterocycles. The van der Waals surface area contributed by atoms with Gasteiger partial charge in [-0.3, -0.25) is 25.0 Å². The highest BCUT2D eigenvalue weighted by Gasteiger charge is 2.12. The van der Waals surface area contributed by atoms with Crippen LogP contribution in [0.3, 0.4) is 0 Å². The SMILES string of the molecule is CCn1c(NNC(=O)c2cccc(OCC(C)C)c2)nc2ccccc2c1=O. The molecule has 0 saturated carbocycles. The van der Waals surface area contributed by atoms with Crippen LogP contribution in [0.25, 0.3) is 10.9 Å². The highest BCUT2D eigenvalue weighted by molar-refractivity contribution is 5.95. The maximum absolute atomic E-state index is 12.6. The molecule has 3 aromatic rings. The van der Waals surface area contributed by atoms with E-state index >= 15 is 0 Å². The van der Waals surface area contributed by atoms with E-state index in [9.17, 15) is 9.59 Å². The number of amides is 1. The third-order valence-electron chi connectivity index (χ3n) is 4.15. The normalized spacial score (nSPS) is 10.9. The molecule has 7 nitrogen and oxygen atoms in total. The molecule has 28 heavy (non-hydrogen) atoms. The zero-order valence-corrected chi connectivity index (χ0v) is 16.2. The number of rotatable bonds is 7. The fourth-order valence-electron chi connectivity index (χ4n) is 2.73. The predicted octanol–water partition coefficient (Wildman–Crippen LogP) is 3.21. The molecule has 0 unspecified atom stereocenters. The third-order valence-corrected chi connectivity index (χ3v) is 4.15. The smallest absolute Gasteiger partial charge is 0.269 e. The summed E-state index contributed by atoms with van der Waals surface area (Å²) in [5.41, 5.74) is 6.24. The largest absolute Gasteiger partial charge is 0.493 e. The number of hydrogen-bond acceptors (Lipinski definition) is 5. The van der Waals surface area contributed by atoms with Gasteiger partial charge in [0.05, 0.1) is 17.5 Å². The molecule has 1 heterocycles. The van der Waals surface area contributed by atoms with Crippen LogP contribution in [-0.4, -0.2) is 22.1 Å². The zero-order chi connectivity index (χ0) is 20.1. The van der Waals surface area contributed by atoms with Gasteiger partial charge in [-0.1, -0.05) is 32.0 Å². The Bertz CT molecular complexity index is 1040. The minimum absolute atomic E-state index is 0.158. The summed E-state index contributed by atoms with van der Waals surface area (Å²) in [6.07, 6.45) is 0. The fourth-order valence-corrected chi connectivity index (χ4v) is 2.73. The monoisotopic (exact) mass is 380 g/mol. The van der Waals surface area contributed by atoms with Gasteiger partial charge in [0, 0.05) is 12.1 Å². The second kappa shape index (κ2) is 8.56. The topological polar surface area (TPSA) is 85.2 Å². The Hall–Kier alpha value is -3.35. The van der Waals surface area contributed by atoms with Crippen molar-refractivity contribution in [2.24, 2.45) is 5.92 Å². The molecule has 0 aliphatic carbocycles. The Morgan fingerprint density at radius 2 is 1.96 bits per heavy atom. The number of hydrazine groups is 1. The Morgan fingerprint density at radius 3 is 2.71 bits per heavy atom. The number of fused-ring (bicyclic) bond motifs is 1. The van der Waals surface area contributed by atoms with Gasteiger partial charge in [0.2, 0.25) is 5.95 Å². The van der Waals surface area contributed by atoms with E-state index in [4.69, 9.17) is 4.74 Å². The van der Waals surface area contributed by atoms with Gasteiger partial charge >= 0.3 is 0 Å². The van der Waals surface area contributed by atoms with Gasteiger partial charge in [0.1, 0.15) is 5.75 Å². The number of para-hydroxylation sites is 1. The summed E-state index contributed by atoms with van der Waals surface area (Å²) >= 11 is 0.